The summed E-state index contributed by atoms with van der Waals surface area (Å²) in [4.78, 5) is 0. The summed E-state index contributed by atoms with van der Waals surface area (Å²) in [5.74, 6) is 0. The van der Waals surface area contributed by atoms with Gasteiger partial charge in [0.2, 0.25) is 0 Å². The van der Waals surface area contributed by atoms with Crippen molar-refractivity contribution in [3.8, 4) is 0 Å². The van der Waals surface area contributed by atoms with Crippen LogP contribution in [0.4, 0.5) is 0 Å². The zero-order chi connectivity index (χ0) is 15.4. The van der Waals surface area contributed by atoms with Crippen molar-refractivity contribution in [1.29, 1.82) is 0 Å². The molecule has 5 atom stereocenters. The van der Waals surface area contributed by atoms with Gasteiger partial charge in [-0.15, -0.1) is 0 Å². The summed E-state index contributed by atoms with van der Waals surface area (Å²) in [5.41, 5.74) is 1.48. The maximum Gasteiger partial charge on any atom is 0.111 e. The molecule has 0 bridgehead atoms. The van der Waals surface area contributed by atoms with E-state index in [1.807, 2.05) is 37.3 Å². The van der Waals surface area contributed by atoms with Gasteiger partial charge >= 0.3 is 0 Å². The highest BCUT2D eigenvalue weighted by atomic mass is 16.4. The molecule has 1 aromatic rings. The van der Waals surface area contributed by atoms with Crippen molar-refractivity contribution in [1.82, 2.24) is 5.32 Å². The Kier molecular flexibility index (Phi) is 5.50. The lowest BCUT2D eigenvalue weighted by molar-refractivity contribution is -0.0630. The van der Waals surface area contributed by atoms with Gasteiger partial charge < -0.3 is 25.7 Å². The van der Waals surface area contributed by atoms with E-state index in [1.165, 1.54) is 0 Å². The van der Waals surface area contributed by atoms with Gasteiger partial charge in [-0.1, -0.05) is 43.3 Å². The summed E-state index contributed by atoms with van der Waals surface area (Å²) in [6.45, 7) is 2.14. The Bertz CT molecular complexity index is 476. The summed E-state index contributed by atoms with van der Waals surface area (Å²) in [6.07, 6.45) is -1.69. The molecule has 2 rings (SSSR count). The first-order valence-corrected chi connectivity index (χ1v) is 7.25. The highest BCUT2D eigenvalue weighted by molar-refractivity contribution is 5.22. The Hall–Kier alpha value is -1.24. The lowest BCUT2D eigenvalue weighted by atomic mass is 9.86. The molecule has 0 heterocycles. The molecule has 5 N–H and O–H groups in total. The molecule has 5 nitrogen and oxygen atoms in total. The highest BCUT2D eigenvalue weighted by Gasteiger charge is 2.36. The Morgan fingerprint density at radius 3 is 2.38 bits per heavy atom. The summed E-state index contributed by atoms with van der Waals surface area (Å²) in [7, 11) is 0. The van der Waals surface area contributed by atoms with Crippen molar-refractivity contribution in [3.63, 3.8) is 0 Å². The van der Waals surface area contributed by atoms with E-state index in [9.17, 15) is 20.4 Å². The van der Waals surface area contributed by atoms with Crippen LogP contribution in [0.3, 0.4) is 0 Å². The molecule has 0 amide bonds. The molecule has 116 valence electrons. The van der Waals surface area contributed by atoms with Gasteiger partial charge in [-0.25, -0.2) is 0 Å². The molecular weight excluding hydrogens is 270 g/mol. The van der Waals surface area contributed by atoms with E-state index in [1.54, 1.807) is 6.08 Å². The SMILES string of the molecule is CCC1=CC(NCC(O)c2ccccc2)C(O)C(O)C1O. The number of rotatable bonds is 5. The number of benzene rings is 1. The molecule has 1 aliphatic rings. The zero-order valence-electron chi connectivity index (χ0n) is 12.1. The Morgan fingerprint density at radius 2 is 1.76 bits per heavy atom. The van der Waals surface area contributed by atoms with Crippen LogP contribution in [-0.4, -0.2) is 51.3 Å². The van der Waals surface area contributed by atoms with Crippen LogP contribution in [-0.2, 0) is 0 Å². The molecule has 0 saturated heterocycles. The van der Waals surface area contributed by atoms with E-state index < -0.39 is 30.5 Å². The monoisotopic (exact) mass is 293 g/mol. The maximum atomic E-state index is 10.1. The van der Waals surface area contributed by atoms with Crippen LogP contribution < -0.4 is 5.32 Å². The molecule has 0 fully saturated rings. The van der Waals surface area contributed by atoms with Crippen LogP contribution >= 0.6 is 0 Å². The highest BCUT2D eigenvalue weighted by Crippen LogP contribution is 2.23. The largest absolute Gasteiger partial charge is 0.388 e. The molecule has 5 unspecified atom stereocenters. The topological polar surface area (TPSA) is 93.0 Å². The van der Waals surface area contributed by atoms with Crippen LogP contribution in [0.15, 0.2) is 42.0 Å². The van der Waals surface area contributed by atoms with Crippen molar-refractivity contribution in [2.75, 3.05) is 6.54 Å². The molecule has 0 spiro atoms. The van der Waals surface area contributed by atoms with E-state index in [2.05, 4.69) is 5.32 Å². The summed E-state index contributed by atoms with van der Waals surface area (Å²) in [5, 5.41) is 42.8. The molecule has 1 aliphatic carbocycles. The van der Waals surface area contributed by atoms with Gasteiger partial charge in [0.15, 0.2) is 0 Å². The van der Waals surface area contributed by atoms with E-state index in [0.29, 0.717) is 12.0 Å². The Balaban J connectivity index is 2.00. The van der Waals surface area contributed by atoms with E-state index >= 15 is 0 Å². The normalized spacial score (nSPS) is 30.8. The number of aliphatic hydroxyl groups is 4. The second-order valence-electron chi connectivity index (χ2n) is 5.38. The zero-order valence-corrected chi connectivity index (χ0v) is 12.1. The van der Waals surface area contributed by atoms with Crippen LogP contribution in [0.2, 0.25) is 0 Å². The van der Waals surface area contributed by atoms with E-state index in [-0.39, 0.29) is 6.54 Å². The number of nitrogens with one attached hydrogen (secondary N) is 1. The minimum Gasteiger partial charge on any atom is -0.388 e. The lowest BCUT2D eigenvalue weighted by Crippen LogP contribution is -2.54. The molecule has 0 saturated carbocycles. The molecule has 21 heavy (non-hydrogen) atoms. The first-order chi connectivity index (χ1) is 10.0. The third-order valence-electron chi connectivity index (χ3n) is 3.95. The molecular formula is C16H23NO4. The number of aliphatic hydroxyl groups excluding tert-OH is 4. The Morgan fingerprint density at radius 1 is 1.10 bits per heavy atom. The average molecular weight is 293 g/mol. The van der Waals surface area contributed by atoms with Gasteiger partial charge in [-0.05, 0) is 17.6 Å². The molecule has 1 aromatic carbocycles. The standard InChI is InChI=1S/C16H23NO4/c1-2-10-8-12(15(20)16(21)14(10)19)17-9-13(18)11-6-4-3-5-7-11/h3-8,12-21H,2,9H2,1H3. The predicted molar refractivity (Wildman–Crippen MR) is 79.6 cm³/mol. The summed E-state index contributed by atoms with van der Waals surface area (Å²) >= 11 is 0. The Labute approximate surface area is 124 Å². The molecule has 0 radical (unpaired) electrons. The van der Waals surface area contributed by atoms with Gasteiger partial charge in [0.05, 0.1) is 12.1 Å². The quantitative estimate of drug-likeness (QED) is 0.497. The van der Waals surface area contributed by atoms with Crippen LogP contribution in [0, 0.1) is 0 Å². The van der Waals surface area contributed by atoms with Crippen LogP contribution in [0.25, 0.3) is 0 Å². The summed E-state index contributed by atoms with van der Waals surface area (Å²) < 4.78 is 0. The van der Waals surface area contributed by atoms with Crippen molar-refractivity contribution >= 4 is 0 Å². The third-order valence-corrected chi connectivity index (χ3v) is 3.95. The van der Waals surface area contributed by atoms with Gasteiger partial charge in [-0.3, -0.25) is 0 Å². The predicted octanol–water partition coefficient (Wildman–Crippen LogP) is 0.111. The lowest BCUT2D eigenvalue weighted by Gasteiger charge is -2.35. The second-order valence-corrected chi connectivity index (χ2v) is 5.38. The van der Waals surface area contributed by atoms with Gasteiger partial charge in [0, 0.05) is 6.54 Å². The number of hydrogen-bond donors (Lipinski definition) is 5. The minimum atomic E-state index is -1.21. The van der Waals surface area contributed by atoms with Gasteiger partial charge in [-0.2, -0.15) is 0 Å². The minimum absolute atomic E-state index is 0.252. The fraction of sp³-hybridized carbons (Fsp3) is 0.500. The fourth-order valence-electron chi connectivity index (χ4n) is 2.59. The van der Waals surface area contributed by atoms with Gasteiger partial charge in [0.1, 0.15) is 18.3 Å². The van der Waals surface area contributed by atoms with Crippen molar-refractivity contribution in [2.45, 2.75) is 43.8 Å². The third kappa shape index (κ3) is 3.70. The molecule has 0 aromatic heterocycles. The van der Waals surface area contributed by atoms with Crippen molar-refractivity contribution < 1.29 is 20.4 Å². The van der Waals surface area contributed by atoms with Crippen molar-refractivity contribution in [2.24, 2.45) is 0 Å². The van der Waals surface area contributed by atoms with E-state index in [4.69, 9.17) is 0 Å². The van der Waals surface area contributed by atoms with E-state index in [0.717, 1.165) is 5.56 Å². The first-order valence-electron chi connectivity index (χ1n) is 7.25. The fourth-order valence-corrected chi connectivity index (χ4v) is 2.59. The summed E-state index contributed by atoms with van der Waals surface area (Å²) in [6, 6.07) is 8.75. The first kappa shape index (κ1) is 16.1. The van der Waals surface area contributed by atoms with Gasteiger partial charge in [0.25, 0.3) is 0 Å². The molecule has 5 heteroatoms. The van der Waals surface area contributed by atoms with Crippen LogP contribution in [0.1, 0.15) is 25.0 Å². The number of hydrogen-bond acceptors (Lipinski definition) is 5. The van der Waals surface area contributed by atoms with Crippen molar-refractivity contribution in [3.05, 3.63) is 47.5 Å². The van der Waals surface area contributed by atoms with Crippen LogP contribution in [0.5, 0.6) is 0 Å². The second kappa shape index (κ2) is 7.15. The maximum absolute atomic E-state index is 10.1. The average Bonchev–Trinajstić information content (AvgIpc) is 2.52. The smallest absolute Gasteiger partial charge is 0.111 e. The molecule has 0 aliphatic heterocycles.